The normalized spacial score (nSPS) is 22.5. The highest BCUT2D eigenvalue weighted by molar-refractivity contribution is 5.83. The number of carbonyl (C=O) groups is 1. The van der Waals surface area contributed by atoms with Crippen molar-refractivity contribution < 1.29 is 4.79 Å². The molecule has 0 radical (unpaired) electrons. The average molecular weight is 266 g/mol. The molecule has 1 aliphatic heterocycles. The highest BCUT2D eigenvalue weighted by atomic mass is 16.2. The maximum absolute atomic E-state index is 13.1. The van der Waals surface area contributed by atoms with Crippen molar-refractivity contribution in [3.63, 3.8) is 0 Å². The van der Waals surface area contributed by atoms with Gasteiger partial charge in [0.15, 0.2) is 0 Å². The Balaban J connectivity index is 2.10. The molecule has 0 spiro atoms. The number of amides is 1. The molecule has 1 amide bonds. The van der Waals surface area contributed by atoms with Gasteiger partial charge < -0.3 is 10.2 Å². The minimum atomic E-state index is -0.0703. The Morgan fingerprint density at radius 2 is 1.95 bits per heavy atom. The predicted molar refractivity (Wildman–Crippen MR) is 79.0 cm³/mol. The molecule has 0 aromatic rings. The van der Waals surface area contributed by atoms with Crippen molar-refractivity contribution in [3.8, 4) is 0 Å². The Bertz CT molecular complexity index is 298. The molecular weight excluding hydrogens is 236 g/mol. The summed E-state index contributed by atoms with van der Waals surface area (Å²) in [5, 5.41) is 3.40. The summed E-state index contributed by atoms with van der Waals surface area (Å²) < 4.78 is 0. The summed E-state index contributed by atoms with van der Waals surface area (Å²) in [7, 11) is 0. The van der Waals surface area contributed by atoms with Crippen LogP contribution in [-0.2, 0) is 4.79 Å². The van der Waals surface area contributed by atoms with E-state index in [-0.39, 0.29) is 5.41 Å². The monoisotopic (exact) mass is 266 g/mol. The van der Waals surface area contributed by atoms with Crippen molar-refractivity contribution in [2.24, 2.45) is 11.3 Å². The van der Waals surface area contributed by atoms with Crippen LogP contribution in [0.3, 0.4) is 0 Å². The molecule has 0 atom stereocenters. The van der Waals surface area contributed by atoms with Crippen molar-refractivity contribution in [2.75, 3.05) is 19.6 Å². The molecule has 3 nitrogen and oxygen atoms in total. The number of carbonyl (C=O) groups excluding carboxylic acids is 1. The number of piperidine rings is 1. The first-order chi connectivity index (χ1) is 9.09. The van der Waals surface area contributed by atoms with E-state index in [1.807, 2.05) is 0 Å². The van der Waals surface area contributed by atoms with E-state index in [1.165, 1.54) is 12.8 Å². The molecule has 1 N–H and O–H groups in total. The van der Waals surface area contributed by atoms with Crippen LogP contribution in [-0.4, -0.2) is 36.5 Å². The Hall–Kier alpha value is -0.570. The molecule has 1 aliphatic carbocycles. The van der Waals surface area contributed by atoms with Gasteiger partial charge in [0.05, 0.1) is 5.41 Å². The Labute approximate surface area is 118 Å². The number of nitrogens with zero attached hydrogens (tertiary/aromatic N) is 1. The van der Waals surface area contributed by atoms with Crippen LogP contribution in [0.1, 0.15) is 59.3 Å². The summed E-state index contributed by atoms with van der Waals surface area (Å²) in [5.41, 5.74) is -0.0703. The molecular formula is C16H30N2O. The SMILES string of the molecule is CCCC1(C(=O)N(CC2CC2)C(C)C)CCNCC1. The van der Waals surface area contributed by atoms with Gasteiger partial charge in [-0.05, 0) is 65.0 Å². The molecule has 0 aromatic heterocycles. The lowest BCUT2D eigenvalue weighted by molar-refractivity contribution is -0.146. The van der Waals surface area contributed by atoms with Gasteiger partial charge in [-0.25, -0.2) is 0 Å². The summed E-state index contributed by atoms with van der Waals surface area (Å²) in [5.74, 6) is 1.23. The van der Waals surface area contributed by atoms with E-state index in [0.29, 0.717) is 11.9 Å². The van der Waals surface area contributed by atoms with Crippen molar-refractivity contribution in [1.29, 1.82) is 0 Å². The first kappa shape index (κ1) is 14.8. The van der Waals surface area contributed by atoms with Crippen LogP contribution < -0.4 is 5.32 Å². The van der Waals surface area contributed by atoms with E-state index < -0.39 is 0 Å². The third-order valence-corrected chi connectivity index (χ3v) is 4.78. The average Bonchev–Trinajstić information content (AvgIpc) is 3.20. The summed E-state index contributed by atoms with van der Waals surface area (Å²) in [6.45, 7) is 9.54. The van der Waals surface area contributed by atoms with Crippen LogP contribution in [0.5, 0.6) is 0 Å². The van der Waals surface area contributed by atoms with E-state index in [0.717, 1.165) is 51.2 Å². The maximum Gasteiger partial charge on any atom is 0.229 e. The summed E-state index contributed by atoms with van der Waals surface area (Å²) >= 11 is 0. The van der Waals surface area contributed by atoms with Gasteiger partial charge >= 0.3 is 0 Å². The van der Waals surface area contributed by atoms with Crippen molar-refractivity contribution >= 4 is 5.91 Å². The second-order valence-corrected chi connectivity index (χ2v) is 6.77. The Morgan fingerprint density at radius 1 is 1.32 bits per heavy atom. The van der Waals surface area contributed by atoms with E-state index in [4.69, 9.17) is 0 Å². The molecule has 2 aliphatic rings. The van der Waals surface area contributed by atoms with Crippen LogP contribution in [0.25, 0.3) is 0 Å². The smallest absolute Gasteiger partial charge is 0.229 e. The summed E-state index contributed by atoms with van der Waals surface area (Å²) in [6, 6.07) is 0.344. The third-order valence-electron chi connectivity index (χ3n) is 4.78. The zero-order chi connectivity index (χ0) is 13.9. The van der Waals surface area contributed by atoms with Crippen LogP contribution in [0, 0.1) is 11.3 Å². The second-order valence-electron chi connectivity index (χ2n) is 6.77. The van der Waals surface area contributed by atoms with E-state index in [2.05, 4.69) is 31.0 Å². The standard InChI is InChI=1S/C16H30N2O/c1-4-7-16(8-10-17-11-9-16)15(19)18(13(2)3)12-14-5-6-14/h13-14,17H,4-12H2,1-3H3. The summed E-state index contributed by atoms with van der Waals surface area (Å²) in [4.78, 5) is 15.3. The largest absolute Gasteiger partial charge is 0.340 e. The van der Waals surface area contributed by atoms with Gasteiger partial charge in [0, 0.05) is 12.6 Å². The molecule has 0 unspecified atom stereocenters. The number of hydrogen-bond acceptors (Lipinski definition) is 2. The molecule has 1 saturated heterocycles. The molecule has 3 heteroatoms. The minimum Gasteiger partial charge on any atom is -0.340 e. The zero-order valence-electron chi connectivity index (χ0n) is 12.9. The molecule has 19 heavy (non-hydrogen) atoms. The Morgan fingerprint density at radius 3 is 2.42 bits per heavy atom. The van der Waals surface area contributed by atoms with E-state index in [9.17, 15) is 4.79 Å². The van der Waals surface area contributed by atoms with E-state index >= 15 is 0 Å². The fourth-order valence-corrected chi connectivity index (χ4v) is 3.37. The lowest BCUT2D eigenvalue weighted by Gasteiger charge is -2.41. The van der Waals surface area contributed by atoms with Gasteiger partial charge in [-0.15, -0.1) is 0 Å². The number of hydrogen-bond donors (Lipinski definition) is 1. The lowest BCUT2D eigenvalue weighted by atomic mass is 9.74. The van der Waals surface area contributed by atoms with Crippen molar-refractivity contribution in [2.45, 2.75) is 65.3 Å². The lowest BCUT2D eigenvalue weighted by Crippen LogP contribution is -2.51. The van der Waals surface area contributed by atoms with E-state index in [1.54, 1.807) is 0 Å². The van der Waals surface area contributed by atoms with Crippen LogP contribution in [0.15, 0.2) is 0 Å². The fraction of sp³-hybridized carbons (Fsp3) is 0.938. The minimum absolute atomic E-state index is 0.0703. The molecule has 0 bridgehead atoms. The highest BCUT2D eigenvalue weighted by Gasteiger charge is 2.42. The zero-order valence-corrected chi connectivity index (χ0v) is 12.9. The van der Waals surface area contributed by atoms with Crippen LogP contribution >= 0.6 is 0 Å². The van der Waals surface area contributed by atoms with Gasteiger partial charge in [0.25, 0.3) is 0 Å². The number of rotatable bonds is 6. The second kappa shape index (κ2) is 6.25. The molecule has 0 aromatic carbocycles. The molecule has 2 rings (SSSR count). The van der Waals surface area contributed by atoms with Crippen LogP contribution in [0.2, 0.25) is 0 Å². The van der Waals surface area contributed by atoms with Crippen molar-refractivity contribution in [1.82, 2.24) is 10.2 Å². The van der Waals surface area contributed by atoms with Gasteiger partial charge in [0.2, 0.25) is 5.91 Å². The van der Waals surface area contributed by atoms with Gasteiger partial charge in [-0.3, -0.25) is 4.79 Å². The molecule has 1 heterocycles. The van der Waals surface area contributed by atoms with Gasteiger partial charge in [-0.2, -0.15) is 0 Å². The van der Waals surface area contributed by atoms with Crippen molar-refractivity contribution in [3.05, 3.63) is 0 Å². The topological polar surface area (TPSA) is 32.3 Å². The third kappa shape index (κ3) is 3.50. The maximum atomic E-state index is 13.1. The molecule has 110 valence electrons. The summed E-state index contributed by atoms with van der Waals surface area (Å²) in [6.07, 6.45) is 6.85. The fourth-order valence-electron chi connectivity index (χ4n) is 3.37. The molecule has 1 saturated carbocycles. The molecule has 2 fully saturated rings. The quantitative estimate of drug-likeness (QED) is 0.802. The number of nitrogens with one attached hydrogen (secondary N) is 1. The van der Waals surface area contributed by atoms with Crippen LogP contribution in [0.4, 0.5) is 0 Å². The van der Waals surface area contributed by atoms with Gasteiger partial charge in [-0.1, -0.05) is 13.3 Å². The first-order valence-corrected chi connectivity index (χ1v) is 8.11. The first-order valence-electron chi connectivity index (χ1n) is 8.11. The Kier molecular flexibility index (Phi) is 4.88. The van der Waals surface area contributed by atoms with Gasteiger partial charge in [0.1, 0.15) is 0 Å². The predicted octanol–water partition coefficient (Wildman–Crippen LogP) is 2.80. The highest BCUT2D eigenvalue weighted by Crippen LogP contribution is 2.38.